The van der Waals surface area contributed by atoms with Gasteiger partial charge in [0.15, 0.2) is 5.96 Å². The number of thioether (sulfide) groups is 1. The van der Waals surface area contributed by atoms with E-state index in [4.69, 9.17) is 28.7 Å². The first-order valence-corrected chi connectivity index (χ1v) is 12.2. The molecule has 0 aromatic rings. The number of aliphatic imine (C=N–C) groups is 1. The number of nitrogens with one attached hydrogen (secondary N) is 3. The zero-order valence-electron chi connectivity index (χ0n) is 19.9. The van der Waals surface area contributed by atoms with Gasteiger partial charge in [-0.3, -0.25) is 29.0 Å². The Kier molecular flexibility index (Phi) is 15.2. The van der Waals surface area contributed by atoms with E-state index in [-0.39, 0.29) is 25.3 Å². The summed E-state index contributed by atoms with van der Waals surface area (Å²) in [6, 6.07) is -5.48. The van der Waals surface area contributed by atoms with Crippen molar-refractivity contribution < 1.29 is 33.9 Å². The molecule has 4 atom stereocenters. The van der Waals surface area contributed by atoms with E-state index in [9.17, 15) is 33.9 Å². The van der Waals surface area contributed by atoms with Gasteiger partial charge in [0, 0.05) is 6.54 Å². The van der Waals surface area contributed by atoms with Crippen molar-refractivity contribution in [2.24, 2.45) is 33.7 Å². The highest BCUT2D eigenvalue weighted by molar-refractivity contribution is 7.98. The SMILES string of the molecule is CSCCC(NC(=O)C(CC(N)=O)NC(=O)C(CC(N)=O)NC(=O)C(N)CCCN=C(N)N)C(=O)O. The van der Waals surface area contributed by atoms with Crippen LogP contribution in [-0.4, -0.2) is 89.3 Å². The minimum Gasteiger partial charge on any atom is -0.480 e. The number of carbonyl (C=O) groups is 6. The third-order valence-electron chi connectivity index (χ3n) is 4.61. The van der Waals surface area contributed by atoms with E-state index in [1.54, 1.807) is 6.26 Å². The van der Waals surface area contributed by atoms with E-state index >= 15 is 0 Å². The molecule has 0 spiro atoms. The summed E-state index contributed by atoms with van der Waals surface area (Å²) in [6.07, 6.45) is 1.01. The van der Waals surface area contributed by atoms with Gasteiger partial charge in [0.05, 0.1) is 18.9 Å². The highest BCUT2D eigenvalue weighted by atomic mass is 32.2. The minimum absolute atomic E-state index is 0.0842. The Hall–Kier alpha value is -3.60. The van der Waals surface area contributed by atoms with Gasteiger partial charge in [0.1, 0.15) is 18.1 Å². The van der Waals surface area contributed by atoms with Crippen LogP contribution in [0, 0.1) is 0 Å². The predicted octanol–water partition coefficient (Wildman–Crippen LogP) is -4.59. The van der Waals surface area contributed by atoms with E-state index < -0.39 is 72.5 Å². The molecule has 5 amide bonds. The van der Waals surface area contributed by atoms with Crippen LogP contribution in [0.3, 0.4) is 0 Å². The van der Waals surface area contributed by atoms with Crippen LogP contribution >= 0.6 is 11.8 Å². The molecular formula is C19H35N9O7S. The van der Waals surface area contributed by atoms with Crippen LogP contribution in [0.1, 0.15) is 32.1 Å². The highest BCUT2D eigenvalue weighted by Crippen LogP contribution is 2.04. The van der Waals surface area contributed by atoms with E-state index in [0.717, 1.165) is 0 Å². The summed E-state index contributed by atoms with van der Waals surface area (Å²) in [5.41, 5.74) is 26.5. The molecule has 14 N–H and O–H groups in total. The van der Waals surface area contributed by atoms with Crippen LogP contribution in [0.2, 0.25) is 0 Å². The lowest BCUT2D eigenvalue weighted by Crippen LogP contribution is -2.58. The van der Waals surface area contributed by atoms with Gasteiger partial charge in [-0.1, -0.05) is 0 Å². The molecule has 0 saturated heterocycles. The van der Waals surface area contributed by atoms with Gasteiger partial charge in [-0.25, -0.2) is 4.79 Å². The average Bonchev–Trinajstić information content (AvgIpc) is 2.77. The standard InChI is InChI=1S/C19H35N9O7S/c1-36-6-4-10(18(34)35)26-16(32)12(8-14(22)30)28-17(33)11(7-13(21)29)27-15(31)9(20)3-2-5-25-19(23)24/h9-12H,2-8,20H2,1H3,(H2,21,29)(H2,22,30)(H,26,32)(H,27,31)(H,28,33)(H,34,35)(H4,23,24,25). The lowest BCUT2D eigenvalue weighted by atomic mass is 10.1. The third kappa shape index (κ3) is 14.0. The maximum Gasteiger partial charge on any atom is 0.326 e. The molecule has 0 bridgehead atoms. The number of primary amides is 2. The number of guanidine groups is 1. The topological polar surface area (TPSA) is 301 Å². The lowest BCUT2D eigenvalue weighted by molar-refractivity contribution is -0.142. The fourth-order valence-corrected chi connectivity index (χ4v) is 3.26. The number of carboxylic acids is 1. The van der Waals surface area contributed by atoms with Crippen LogP contribution < -0.4 is 44.6 Å². The Balaban J connectivity index is 5.41. The molecule has 204 valence electrons. The molecule has 4 unspecified atom stereocenters. The number of hydrogen-bond acceptors (Lipinski definition) is 9. The van der Waals surface area contributed by atoms with Gasteiger partial charge in [-0.2, -0.15) is 11.8 Å². The summed E-state index contributed by atoms with van der Waals surface area (Å²) < 4.78 is 0. The van der Waals surface area contributed by atoms with Crippen molar-refractivity contribution in [3.8, 4) is 0 Å². The Labute approximate surface area is 211 Å². The molecule has 16 nitrogen and oxygen atoms in total. The summed E-state index contributed by atoms with van der Waals surface area (Å²) in [7, 11) is 0. The van der Waals surface area contributed by atoms with Crippen LogP contribution in [0.4, 0.5) is 0 Å². The van der Waals surface area contributed by atoms with Crippen molar-refractivity contribution in [2.75, 3.05) is 18.6 Å². The molecule has 0 aliphatic rings. The average molecular weight is 534 g/mol. The number of carbonyl (C=O) groups excluding carboxylic acids is 5. The minimum atomic E-state index is -1.58. The number of carboxylic acid groups (broad SMARTS) is 1. The van der Waals surface area contributed by atoms with Gasteiger partial charge < -0.3 is 49.7 Å². The fraction of sp³-hybridized carbons (Fsp3) is 0.632. The first kappa shape index (κ1) is 32.4. The second kappa shape index (κ2) is 16.9. The predicted molar refractivity (Wildman–Crippen MR) is 132 cm³/mol. The molecule has 0 aromatic carbocycles. The summed E-state index contributed by atoms with van der Waals surface area (Å²) in [4.78, 5) is 75.9. The zero-order chi connectivity index (χ0) is 27.8. The van der Waals surface area contributed by atoms with E-state index in [1.807, 2.05) is 0 Å². The van der Waals surface area contributed by atoms with Gasteiger partial charge in [0.2, 0.25) is 29.5 Å². The maximum atomic E-state index is 12.8. The molecule has 0 rings (SSSR count). The number of rotatable bonds is 18. The third-order valence-corrected chi connectivity index (χ3v) is 5.25. The van der Waals surface area contributed by atoms with Gasteiger partial charge >= 0.3 is 5.97 Å². The fourth-order valence-electron chi connectivity index (χ4n) is 2.79. The van der Waals surface area contributed by atoms with Crippen LogP contribution in [0.5, 0.6) is 0 Å². The van der Waals surface area contributed by atoms with Crippen LogP contribution in [0.15, 0.2) is 4.99 Å². The quantitative estimate of drug-likeness (QED) is 0.0458. The number of aliphatic carboxylic acids is 1. The van der Waals surface area contributed by atoms with Gasteiger partial charge in [-0.15, -0.1) is 0 Å². The Morgan fingerprint density at radius 1 is 0.806 bits per heavy atom. The molecule has 0 radical (unpaired) electrons. The highest BCUT2D eigenvalue weighted by Gasteiger charge is 2.31. The normalized spacial score (nSPS) is 13.8. The number of nitrogens with zero attached hydrogens (tertiary/aromatic N) is 1. The van der Waals surface area contributed by atoms with Crippen molar-refractivity contribution in [2.45, 2.75) is 56.3 Å². The molecule has 0 saturated carbocycles. The van der Waals surface area contributed by atoms with Crippen LogP contribution in [0.25, 0.3) is 0 Å². The van der Waals surface area contributed by atoms with Crippen molar-refractivity contribution in [1.29, 1.82) is 0 Å². The Morgan fingerprint density at radius 3 is 1.69 bits per heavy atom. The second-order valence-electron chi connectivity index (χ2n) is 7.70. The molecule has 17 heteroatoms. The molecular weight excluding hydrogens is 498 g/mol. The molecule has 0 fully saturated rings. The Bertz CT molecular complexity index is 836. The van der Waals surface area contributed by atoms with Gasteiger partial charge in [-0.05, 0) is 31.3 Å². The molecule has 0 aliphatic heterocycles. The van der Waals surface area contributed by atoms with Crippen molar-refractivity contribution in [1.82, 2.24) is 16.0 Å². The maximum absolute atomic E-state index is 12.8. The first-order valence-electron chi connectivity index (χ1n) is 10.8. The number of hydrogen-bond donors (Lipinski definition) is 9. The molecule has 0 aromatic heterocycles. The van der Waals surface area contributed by atoms with Crippen molar-refractivity contribution in [3.05, 3.63) is 0 Å². The summed E-state index contributed by atoms with van der Waals surface area (Å²) in [6.45, 7) is 0.215. The summed E-state index contributed by atoms with van der Waals surface area (Å²) >= 11 is 1.36. The Morgan fingerprint density at radius 2 is 1.28 bits per heavy atom. The van der Waals surface area contributed by atoms with E-state index in [1.165, 1.54) is 11.8 Å². The van der Waals surface area contributed by atoms with Gasteiger partial charge in [0.25, 0.3) is 0 Å². The van der Waals surface area contributed by atoms with Crippen LogP contribution in [-0.2, 0) is 28.8 Å². The number of amides is 5. The van der Waals surface area contributed by atoms with Crippen molar-refractivity contribution in [3.63, 3.8) is 0 Å². The largest absolute Gasteiger partial charge is 0.480 e. The monoisotopic (exact) mass is 533 g/mol. The van der Waals surface area contributed by atoms with Crippen molar-refractivity contribution >= 4 is 53.2 Å². The summed E-state index contributed by atoms with van der Waals surface area (Å²) in [5.74, 6) is -5.75. The summed E-state index contributed by atoms with van der Waals surface area (Å²) in [5, 5.41) is 16.0. The molecule has 0 heterocycles. The van der Waals surface area contributed by atoms with E-state index in [2.05, 4.69) is 20.9 Å². The molecule has 36 heavy (non-hydrogen) atoms. The second-order valence-corrected chi connectivity index (χ2v) is 8.69. The molecule has 0 aliphatic carbocycles. The first-order chi connectivity index (χ1) is 16.8. The zero-order valence-corrected chi connectivity index (χ0v) is 20.7. The smallest absolute Gasteiger partial charge is 0.326 e. The number of nitrogens with two attached hydrogens (primary N) is 5. The van der Waals surface area contributed by atoms with E-state index in [0.29, 0.717) is 12.2 Å². The lowest BCUT2D eigenvalue weighted by Gasteiger charge is -2.24.